The lowest BCUT2D eigenvalue weighted by molar-refractivity contribution is 0.168. The van der Waals surface area contributed by atoms with E-state index >= 15 is 0 Å². The fourth-order valence-electron chi connectivity index (χ4n) is 2.78. The fraction of sp³-hybridized carbons (Fsp3) is 0.909. The lowest BCUT2D eigenvalue weighted by Gasteiger charge is -2.34. The van der Waals surface area contributed by atoms with Crippen LogP contribution in [0.15, 0.2) is 0 Å². The van der Waals surface area contributed by atoms with Crippen molar-refractivity contribution in [3.8, 4) is 0 Å². The Morgan fingerprint density at radius 3 is 2.81 bits per heavy atom. The fourth-order valence-corrected chi connectivity index (χ4v) is 2.96. The molecule has 1 aromatic heterocycles. The third-order valence-corrected chi connectivity index (χ3v) is 3.87. The first kappa shape index (κ1) is 11.8. The van der Waals surface area contributed by atoms with Gasteiger partial charge in [0.2, 0.25) is 0 Å². The summed E-state index contributed by atoms with van der Waals surface area (Å²) in [6, 6.07) is 0.442. The number of halogens is 1. The van der Waals surface area contributed by atoms with Crippen molar-refractivity contribution in [1.29, 1.82) is 0 Å². The molecule has 90 valence electrons. The summed E-state index contributed by atoms with van der Waals surface area (Å²) < 4.78 is 1.96. The molecule has 0 bridgehead atoms. The van der Waals surface area contributed by atoms with Crippen molar-refractivity contribution in [3.05, 3.63) is 5.82 Å². The van der Waals surface area contributed by atoms with E-state index < -0.39 is 0 Å². The molecule has 5 heteroatoms. The molecular weight excluding hydrogens is 224 g/mol. The van der Waals surface area contributed by atoms with E-state index in [2.05, 4.69) is 29.4 Å². The SMILES string of the molecule is CC(C)C1CCCCC1n1nnnc1CCl. The Morgan fingerprint density at radius 2 is 2.12 bits per heavy atom. The van der Waals surface area contributed by atoms with Gasteiger partial charge < -0.3 is 0 Å². The summed E-state index contributed by atoms with van der Waals surface area (Å²) in [5.74, 6) is 2.56. The molecule has 1 aromatic rings. The summed E-state index contributed by atoms with van der Waals surface area (Å²) in [5, 5.41) is 11.8. The molecule has 0 N–H and O–H groups in total. The van der Waals surface area contributed by atoms with Crippen molar-refractivity contribution in [1.82, 2.24) is 20.2 Å². The van der Waals surface area contributed by atoms with Crippen molar-refractivity contribution in [3.63, 3.8) is 0 Å². The van der Waals surface area contributed by atoms with Gasteiger partial charge in [-0.15, -0.1) is 16.7 Å². The average Bonchev–Trinajstić information content (AvgIpc) is 2.76. The lowest BCUT2D eigenvalue weighted by atomic mass is 9.78. The van der Waals surface area contributed by atoms with E-state index in [0.717, 1.165) is 5.82 Å². The largest absolute Gasteiger partial charge is 0.225 e. The Labute approximate surface area is 101 Å². The predicted octanol–water partition coefficient (Wildman–Crippen LogP) is 2.80. The van der Waals surface area contributed by atoms with Gasteiger partial charge >= 0.3 is 0 Å². The second-order valence-corrected chi connectivity index (χ2v) is 5.20. The van der Waals surface area contributed by atoms with Crippen LogP contribution in [0.5, 0.6) is 0 Å². The average molecular weight is 243 g/mol. The van der Waals surface area contributed by atoms with Crippen LogP contribution >= 0.6 is 11.6 Å². The van der Waals surface area contributed by atoms with E-state index in [1.54, 1.807) is 0 Å². The van der Waals surface area contributed by atoms with E-state index in [4.69, 9.17) is 11.6 Å². The van der Waals surface area contributed by atoms with E-state index in [1.807, 2.05) is 4.68 Å². The van der Waals surface area contributed by atoms with Crippen LogP contribution < -0.4 is 0 Å². The van der Waals surface area contributed by atoms with E-state index in [0.29, 0.717) is 23.8 Å². The highest BCUT2D eigenvalue weighted by molar-refractivity contribution is 6.16. The minimum atomic E-state index is 0.397. The molecule has 1 fully saturated rings. The van der Waals surface area contributed by atoms with E-state index in [1.165, 1.54) is 25.7 Å². The van der Waals surface area contributed by atoms with Crippen LogP contribution in [0.4, 0.5) is 0 Å². The minimum absolute atomic E-state index is 0.397. The predicted molar refractivity (Wildman–Crippen MR) is 63.2 cm³/mol. The molecular formula is C11H19ClN4. The summed E-state index contributed by atoms with van der Waals surface area (Å²) in [7, 11) is 0. The second-order valence-electron chi connectivity index (χ2n) is 4.93. The third kappa shape index (κ3) is 2.21. The molecule has 0 spiro atoms. The van der Waals surface area contributed by atoms with Crippen molar-refractivity contribution < 1.29 is 0 Å². The molecule has 4 nitrogen and oxygen atoms in total. The summed E-state index contributed by atoms with van der Waals surface area (Å²) in [6.45, 7) is 4.57. The van der Waals surface area contributed by atoms with Crippen LogP contribution in [0.25, 0.3) is 0 Å². The Balaban J connectivity index is 2.23. The number of nitrogens with zero attached hydrogens (tertiary/aromatic N) is 4. The van der Waals surface area contributed by atoms with Crippen LogP contribution in [0.1, 0.15) is 51.4 Å². The summed E-state index contributed by atoms with van der Waals surface area (Å²) in [4.78, 5) is 0. The molecule has 0 saturated heterocycles. The van der Waals surface area contributed by atoms with E-state index in [-0.39, 0.29) is 0 Å². The number of hydrogen-bond acceptors (Lipinski definition) is 3. The van der Waals surface area contributed by atoms with Gasteiger partial charge in [-0.3, -0.25) is 0 Å². The first-order valence-corrected chi connectivity index (χ1v) is 6.60. The summed E-state index contributed by atoms with van der Waals surface area (Å²) in [6.07, 6.45) is 5.06. The normalized spacial score (nSPS) is 26.2. The molecule has 16 heavy (non-hydrogen) atoms. The van der Waals surface area contributed by atoms with Crippen molar-refractivity contribution in [2.45, 2.75) is 51.5 Å². The van der Waals surface area contributed by atoms with Gasteiger partial charge in [-0.05, 0) is 35.1 Å². The Morgan fingerprint density at radius 1 is 1.38 bits per heavy atom. The van der Waals surface area contributed by atoms with Crippen LogP contribution in [-0.2, 0) is 5.88 Å². The zero-order valence-electron chi connectivity index (χ0n) is 9.93. The molecule has 2 atom stereocenters. The van der Waals surface area contributed by atoms with Crippen LogP contribution in [0.3, 0.4) is 0 Å². The zero-order chi connectivity index (χ0) is 11.5. The summed E-state index contributed by atoms with van der Waals surface area (Å²) in [5.41, 5.74) is 0. The molecule has 2 rings (SSSR count). The Hall–Kier alpha value is -0.640. The molecule has 0 aromatic carbocycles. The van der Waals surface area contributed by atoms with Gasteiger partial charge in [-0.25, -0.2) is 4.68 Å². The maximum Gasteiger partial charge on any atom is 0.166 e. The summed E-state index contributed by atoms with van der Waals surface area (Å²) >= 11 is 5.86. The number of tetrazole rings is 1. The molecule has 0 radical (unpaired) electrons. The zero-order valence-corrected chi connectivity index (χ0v) is 10.7. The Bertz CT molecular complexity index is 336. The molecule has 0 aliphatic heterocycles. The molecule has 2 unspecified atom stereocenters. The highest BCUT2D eigenvalue weighted by Crippen LogP contribution is 2.38. The second kappa shape index (κ2) is 5.13. The first-order valence-electron chi connectivity index (χ1n) is 6.06. The number of alkyl halides is 1. The topological polar surface area (TPSA) is 43.6 Å². The highest BCUT2D eigenvalue weighted by atomic mass is 35.5. The molecule has 0 amide bonds. The van der Waals surface area contributed by atoms with Crippen LogP contribution in [0.2, 0.25) is 0 Å². The van der Waals surface area contributed by atoms with Crippen LogP contribution in [-0.4, -0.2) is 20.2 Å². The highest BCUT2D eigenvalue weighted by Gasteiger charge is 2.31. The Kier molecular flexibility index (Phi) is 3.79. The third-order valence-electron chi connectivity index (χ3n) is 3.63. The smallest absolute Gasteiger partial charge is 0.166 e. The maximum absolute atomic E-state index is 5.86. The number of aromatic nitrogens is 4. The molecule has 1 saturated carbocycles. The van der Waals surface area contributed by atoms with Gasteiger partial charge in [-0.2, -0.15) is 0 Å². The van der Waals surface area contributed by atoms with Gasteiger partial charge in [-0.1, -0.05) is 26.7 Å². The molecule has 1 aliphatic carbocycles. The first-order chi connectivity index (χ1) is 7.74. The minimum Gasteiger partial charge on any atom is -0.225 e. The van der Waals surface area contributed by atoms with Crippen molar-refractivity contribution >= 4 is 11.6 Å². The lowest BCUT2D eigenvalue weighted by Crippen LogP contribution is -2.28. The van der Waals surface area contributed by atoms with Gasteiger partial charge in [0.25, 0.3) is 0 Å². The van der Waals surface area contributed by atoms with E-state index in [9.17, 15) is 0 Å². The maximum atomic E-state index is 5.86. The van der Waals surface area contributed by atoms with Gasteiger partial charge in [0.15, 0.2) is 5.82 Å². The molecule has 1 heterocycles. The van der Waals surface area contributed by atoms with Gasteiger partial charge in [0.1, 0.15) is 0 Å². The number of hydrogen-bond donors (Lipinski definition) is 0. The standard InChI is InChI=1S/C11H19ClN4/c1-8(2)9-5-3-4-6-10(9)16-11(7-12)13-14-15-16/h8-10H,3-7H2,1-2H3. The van der Waals surface area contributed by atoms with Crippen molar-refractivity contribution in [2.24, 2.45) is 11.8 Å². The van der Waals surface area contributed by atoms with Gasteiger partial charge in [0, 0.05) is 0 Å². The molecule has 1 aliphatic rings. The van der Waals surface area contributed by atoms with Gasteiger partial charge in [0.05, 0.1) is 11.9 Å². The quantitative estimate of drug-likeness (QED) is 0.766. The van der Waals surface area contributed by atoms with Crippen LogP contribution in [0, 0.1) is 11.8 Å². The monoisotopic (exact) mass is 242 g/mol. The number of rotatable bonds is 3. The van der Waals surface area contributed by atoms with Crippen molar-refractivity contribution in [2.75, 3.05) is 0 Å².